The van der Waals surface area contributed by atoms with Crippen molar-refractivity contribution in [1.29, 1.82) is 0 Å². The highest BCUT2D eigenvalue weighted by Gasteiger charge is 2.60. The molecular weight excluding hydrogens is 440 g/mol. The molecule has 0 unspecified atom stereocenters. The first-order valence-electron chi connectivity index (χ1n) is 13.7. The van der Waals surface area contributed by atoms with Gasteiger partial charge in [0.15, 0.2) is 9.84 Å². The van der Waals surface area contributed by atoms with Gasteiger partial charge in [0.1, 0.15) is 0 Å². The SMILES string of the molecule is CC[C@]1(O)CC[C@@]2(C)C(=CC[C@H]3[C@@H]4CC[C@H]([C@H](C)CS(=O)(=O)c5ccccc5)[C@@]4(C)CC[C@@H]32)C1. The van der Waals surface area contributed by atoms with E-state index in [1.807, 2.05) is 18.2 Å². The maximum Gasteiger partial charge on any atom is 0.178 e. The molecule has 0 spiro atoms. The van der Waals surface area contributed by atoms with Gasteiger partial charge in [-0.2, -0.15) is 0 Å². The van der Waals surface area contributed by atoms with Crippen LogP contribution < -0.4 is 0 Å². The molecule has 4 heteroatoms. The van der Waals surface area contributed by atoms with Gasteiger partial charge >= 0.3 is 0 Å². The zero-order valence-corrected chi connectivity index (χ0v) is 22.4. The minimum absolute atomic E-state index is 0.177. The molecule has 0 saturated heterocycles. The molecule has 0 aliphatic heterocycles. The van der Waals surface area contributed by atoms with Gasteiger partial charge in [-0.1, -0.05) is 57.5 Å². The summed E-state index contributed by atoms with van der Waals surface area (Å²) in [5, 5.41) is 11.0. The molecule has 188 valence electrons. The molecule has 4 aliphatic carbocycles. The summed E-state index contributed by atoms with van der Waals surface area (Å²) in [6.07, 6.45) is 12.3. The van der Waals surface area contributed by atoms with E-state index in [9.17, 15) is 13.5 Å². The summed E-state index contributed by atoms with van der Waals surface area (Å²) in [6.45, 7) is 9.31. The number of hydrogen-bond acceptors (Lipinski definition) is 3. The Morgan fingerprint density at radius 1 is 1.03 bits per heavy atom. The largest absolute Gasteiger partial charge is 0.390 e. The van der Waals surface area contributed by atoms with E-state index >= 15 is 0 Å². The number of fused-ring (bicyclic) bond motifs is 5. The molecule has 0 heterocycles. The first kappa shape index (κ1) is 24.6. The van der Waals surface area contributed by atoms with Crippen LogP contribution in [0.15, 0.2) is 46.9 Å². The molecule has 1 aromatic carbocycles. The lowest BCUT2D eigenvalue weighted by Crippen LogP contribution is -2.52. The summed E-state index contributed by atoms with van der Waals surface area (Å²) in [7, 11) is -3.26. The second kappa shape index (κ2) is 8.47. The van der Waals surface area contributed by atoms with Crippen molar-refractivity contribution in [2.45, 2.75) is 96.0 Å². The van der Waals surface area contributed by atoms with Gasteiger partial charge in [0.05, 0.1) is 16.2 Å². The number of hydrogen-bond donors (Lipinski definition) is 1. The number of allylic oxidation sites excluding steroid dienone is 1. The van der Waals surface area contributed by atoms with Gasteiger partial charge in [0.2, 0.25) is 0 Å². The molecule has 3 saturated carbocycles. The molecular formula is C30H44O3S. The van der Waals surface area contributed by atoms with E-state index in [0.717, 1.165) is 32.1 Å². The fraction of sp³-hybridized carbons (Fsp3) is 0.733. The molecule has 0 bridgehead atoms. The fourth-order valence-electron chi connectivity index (χ4n) is 9.18. The smallest absolute Gasteiger partial charge is 0.178 e. The summed E-state index contributed by atoms with van der Waals surface area (Å²) in [4.78, 5) is 0.465. The maximum atomic E-state index is 13.1. The Balaban J connectivity index is 1.36. The standard InChI is InChI=1S/C30H44O3S/c1-5-30(31)18-17-28(3)22(19-30)11-12-24-26-14-13-25(29(26,4)16-15-27(24)28)21(2)20-34(32,33)23-9-7-6-8-10-23/h6-11,21,24-27,31H,5,12-20H2,1-4H3/t21-,24+,25-,26+,27+,28+,29-,30+/m1/s1. The molecule has 3 nitrogen and oxygen atoms in total. The Hall–Kier alpha value is -1.13. The van der Waals surface area contributed by atoms with Gasteiger partial charge < -0.3 is 5.11 Å². The molecule has 4 aliphatic rings. The zero-order chi connectivity index (χ0) is 24.4. The van der Waals surface area contributed by atoms with E-state index in [1.165, 1.54) is 31.3 Å². The predicted molar refractivity (Wildman–Crippen MR) is 138 cm³/mol. The second-order valence-electron chi connectivity index (χ2n) is 12.8. The second-order valence-corrected chi connectivity index (χ2v) is 14.8. The van der Waals surface area contributed by atoms with E-state index in [0.29, 0.717) is 28.6 Å². The monoisotopic (exact) mass is 484 g/mol. The van der Waals surface area contributed by atoms with Crippen molar-refractivity contribution in [2.24, 2.45) is 40.4 Å². The minimum atomic E-state index is -3.26. The van der Waals surface area contributed by atoms with Crippen molar-refractivity contribution in [2.75, 3.05) is 5.75 Å². The minimum Gasteiger partial charge on any atom is -0.390 e. The summed E-state index contributed by atoms with van der Waals surface area (Å²) in [5.74, 6) is 3.04. The quantitative estimate of drug-likeness (QED) is 0.467. The predicted octanol–water partition coefficient (Wildman–Crippen LogP) is 6.82. The van der Waals surface area contributed by atoms with Crippen LogP contribution in [0.4, 0.5) is 0 Å². The van der Waals surface area contributed by atoms with Gasteiger partial charge in [-0.25, -0.2) is 8.42 Å². The van der Waals surface area contributed by atoms with Crippen molar-refractivity contribution < 1.29 is 13.5 Å². The van der Waals surface area contributed by atoms with Crippen LogP contribution >= 0.6 is 0 Å². The van der Waals surface area contributed by atoms with Crippen LogP contribution in [0.1, 0.15) is 85.5 Å². The third kappa shape index (κ3) is 3.82. The Morgan fingerprint density at radius 2 is 1.76 bits per heavy atom. The molecule has 34 heavy (non-hydrogen) atoms. The molecule has 0 aromatic heterocycles. The average molecular weight is 485 g/mol. The highest BCUT2D eigenvalue weighted by molar-refractivity contribution is 7.91. The van der Waals surface area contributed by atoms with Crippen LogP contribution in [-0.4, -0.2) is 24.9 Å². The van der Waals surface area contributed by atoms with Gasteiger partial charge in [-0.3, -0.25) is 0 Å². The number of sulfone groups is 1. The van der Waals surface area contributed by atoms with Crippen molar-refractivity contribution in [3.05, 3.63) is 42.0 Å². The van der Waals surface area contributed by atoms with Crippen molar-refractivity contribution >= 4 is 9.84 Å². The molecule has 1 N–H and O–H groups in total. The van der Waals surface area contributed by atoms with Crippen LogP contribution in [0.3, 0.4) is 0 Å². The maximum absolute atomic E-state index is 13.1. The van der Waals surface area contributed by atoms with E-state index < -0.39 is 15.4 Å². The van der Waals surface area contributed by atoms with Gasteiger partial charge in [-0.05, 0) is 110 Å². The normalized spacial score (nSPS) is 42.8. The van der Waals surface area contributed by atoms with E-state index in [-0.39, 0.29) is 22.5 Å². The fourth-order valence-corrected chi connectivity index (χ4v) is 10.9. The lowest BCUT2D eigenvalue weighted by molar-refractivity contribution is -0.0743. The van der Waals surface area contributed by atoms with Crippen molar-refractivity contribution in [1.82, 2.24) is 0 Å². The highest BCUT2D eigenvalue weighted by Crippen LogP contribution is 2.67. The molecule has 8 atom stereocenters. The van der Waals surface area contributed by atoms with Crippen LogP contribution in [0.5, 0.6) is 0 Å². The molecule has 1 aromatic rings. The van der Waals surface area contributed by atoms with Crippen molar-refractivity contribution in [3.8, 4) is 0 Å². The Kier molecular flexibility index (Phi) is 6.12. The average Bonchev–Trinajstić information content (AvgIpc) is 3.17. The lowest BCUT2D eigenvalue weighted by atomic mass is 9.46. The van der Waals surface area contributed by atoms with Crippen LogP contribution in [0.25, 0.3) is 0 Å². The number of benzene rings is 1. The third-order valence-corrected chi connectivity index (χ3v) is 13.2. The highest BCUT2D eigenvalue weighted by atomic mass is 32.2. The van der Waals surface area contributed by atoms with Crippen LogP contribution in [0.2, 0.25) is 0 Å². The van der Waals surface area contributed by atoms with E-state index in [2.05, 4.69) is 33.8 Å². The lowest BCUT2D eigenvalue weighted by Gasteiger charge is -2.59. The van der Waals surface area contributed by atoms with Crippen LogP contribution in [0, 0.1) is 40.4 Å². The van der Waals surface area contributed by atoms with Crippen molar-refractivity contribution in [3.63, 3.8) is 0 Å². The summed E-state index contributed by atoms with van der Waals surface area (Å²) >= 11 is 0. The molecule has 5 rings (SSSR count). The molecule has 0 radical (unpaired) electrons. The zero-order valence-electron chi connectivity index (χ0n) is 21.6. The Labute approximate surface area is 207 Å². The first-order chi connectivity index (χ1) is 16.0. The van der Waals surface area contributed by atoms with Crippen LogP contribution in [-0.2, 0) is 9.84 Å². The van der Waals surface area contributed by atoms with E-state index in [4.69, 9.17) is 0 Å². The van der Waals surface area contributed by atoms with E-state index in [1.54, 1.807) is 12.1 Å². The van der Waals surface area contributed by atoms with Gasteiger partial charge in [-0.15, -0.1) is 0 Å². The summed E-state index contributed by atoms with van der Waals surface area (Å²) in [6, 6.07) is 9.00. The first-order valence-corrected chi connectivity index (χ1v) is 15.4. The Morgan fingerprint density at radius 3 is 2.47 bits per heavy atom. The summed E-state index contributed by atoms with van der Waals surface area (Å²) in [5.41, 5.74) is 1.52. The third-order valence-electron chi connectivity index (χ3n) is 11.3. The number of aliphatic hydroxyl groups is 1. The molecule has 3 fully saturated rings. The van der Waals surface area contributed by atoms with Gasteiger partial charge in [0.25, 0.3) is 0 Å². The number of rotatable bonds is 5. The Bertz CT molecular complexity index is 1050. The van der Waals surface area contributed by atoms with Gasteiger partial charge in [0, 0.05) is 0 Å². The summed E-state index contributed by atoms with van der Waals surface area (Å²) < 4.78 is 26.3. The molecule has 0 amide bonds. The topological polar surface area (TPSA) is 54.4 Å².